The first-order chi connectivity index (χ1) is 8.15. The van der Waals surface area contributed by atoms with Crippen molar-refractivity contribution in [2.24, 2.45) is 10.1 Å². The normalized spacial score (nSPS) is 26.9. The molecule has 17 heavy (non-hydrogen) atoms. The van der Waals surface area contributed by atoms with E-state index in [2.05, 4.69) is 15.4 Å². The lowest BCUT2D eigenvalue weighted by atomic mass is 10.4. The molecule has 1 saturated heterocycles. The first-order valence-corrected chi connectivity index (χ1v) is 6.07. The highest BCUT2D eigenvalue weighted by Gasteiger charge is 2.26. The zero-order valence-electron chi connectivity index (χ0n) is 8.71. The van der Waals surface area contributed by atoms with Crippen LogP contribution in [0, 0.1) is 10.1 Å². The lowest BCUT2D eigenvalue weighted by Gasteiger charge is -2.30. The van der Waals surface area contributed by atoms with Crippen LogP contribution in [-0.4, -0.2) is 52.2 Å². The molecular weight excluding hydrogens is 270 g/mol. The minimum Gasteiger partial charge on any atom is -0.341 e. The maximum atomic E-state index is 10.4. The predicted octanol–water partition coefficient (Wildman–Crippen LogP) is 0.0811. The smallest absolute Gasteiger partial charge is 0.275 e. The summed E-state index contributed by atoms with van der Waals surface area (Å²) in [5, 5.41) is 15.8. The molecule has 0 aromatic rings. The predicted molar refractivity (Wildman–Crippen MR) is 64.6 cm³/mol. The van der Waals surface area contributed by atoms with Crippen LogP contribution in [0.25, 0.3) is 0 Å². The fourth-order valence-electron chi connectivity index (χ4n) is 1.49. The highest BCUT2D eigenvalue weighted by molar-refractivity contribution is 8.17. The van der Waals surface area contributed by atoms with E-state index in [0.29, 0.717) is 17.6 Å². The van der Waals surface area contributed by atoms with Crippen molar-refractivity contribution in [3.8, 4) is 0 Å². The summed E-state index contributed by atoms with van der Waals surface area (Å²) in [7, 11) is 0. The Labute approximate surface area is 106 Å². The molecule has 94 valence electrons. The van der Waals surface area contributed by atoms with E-state index in [0.717, 1.165) is 0 Å². The summed E-state index contributed by atoms with van der Waals surface area (Å²) in [5.41, 5.74) is 0. The molecule has 0 aromatic carbocycles. The molecule has 0 saturated carbocycles. The van der Waals surface area contributed by atoms with Crippen LogP contribution >= 0.6 is 23.4 Å². The number of thioether (sulfide) groups is 1. The highest BCUT2D eigenvalue weighted by Crippen LogP contribution is 2.24. The van der Waals surface area contributed by atoms with Crippen LogP contribution < -0.4 is 5.32 Å². The average Bonchev–Trinajstić information content (AvgIpc) is 2.66. The number of halogens is 1. The molecule has 1 N–H and O–H groups in total. The van der Waals surface area contributed by atoms with Gasteiger partial charge in [0.15, 0.2) is 9.54 Å². The van der Waals surface area contributed by atoms with E-state index >= 15 is 0 Å². The van der Waals surface area contributed by atoms with E-state index in [4.69, 9.17) is 16.3 Å². The summed E-state index contributed by atoms with van der Waals surface area (Å²) in [6, 6.07) is 0. The summed E-state index contributed by atoms with van der Waals surface area (Å²) < 4.78 is 5.68. The zero-order chi connectivity index (χ0) is 12.3. The van der Waals surface area contributed by atoms with Crippen LogP contribution in [0.5, 0.6) is 0 Å². The lowest BCUT2D eigenvalue weighted by Crippen LogP contribution is -2.51. The van der Waals surface area contributed by atoms with Crippen molar-refractivity contribution in [2.75, 3.05) is 26.6 Å². The number of ether oxygens (including phenoxy) is 1. The SMILES string of the molecule is O=[N+]([O-])/N=C1\NCOCN1CC1CN=C(Cl)S1. The third-order valence-electron chi connectivity index (χ3n) is 2.16. The summed E-state index contributed by atoms with van der Waals surface area (Å²) >= 11 is 7.20. The molecule has 1 atom stereocenters. The van der Waals surface area contributed by atoms with Crippen molar-refractivity contribution >= 4 is 33.8 Å². The lowest BCUT2D eigenvalue weighted by molar-refractivity contribution is -0.486. The van der Waals surface area contributed by atoms with Crippen molar-refractivity contribution in [1.29, 1.82) is 0 Å². The second-order valence-corrected chi connectivity index (χ2v) is 5.24. The van der Waals surface area contributed by atoms with Crippen LogP contribution in [0.3, 0.4) is 0 Å². The van der Waals surface area contributed by atoms with Gasteiger partial charge in [0, 0.05) is 11.8 Å². The van der Waals surface area contributed by atoms with Gasteiger partial charge < -0.3 is 15.0 Å². The van der Waals surface area contributed by atoms with Gasteiger partial charge in [0.05, 0.1) is 6.54 Å². The Balaban J connectivity index is 1.95. The Morgan fingerprint density at radius 2 is 2.65 bits per heavy atom. The first-order valence-electron chi connectivity index (χ1n) is 4.81. The molecule has 0 amide bonds. The molecule has 0 aromatic heterocycles. The molecular formula is C7H10ClN5O3S. The van der Waals surface area contributed by atoms with Gasteiger partial charge in [-0.05, 0) is 0 Å². The van der Waals surface area contributed by atoms with E-state index in [-0.39, 0.29) is 24.7 Å². The average molecular weight is 280 g/mol. The molecule has 0 radical (unpaired) electrons. The van der Waals surface area contributed by atoms with Gasteiger partial charge in [-0.15, -0.1) is 0 Å². The quantitative estimate of drug-likeness (QED) is 0.581. The molecule has 0 spiro atoms. The molecule has 0 aliphatic carbocycles. The van der Waals surface area contributed by atoms with Gasteiger partial charge in [-0.1, -0.05) is 23.4 Å². The summed E-state index contributed by atoms with van der Waals surface area (Å²) in [5.74, 6) is 0.213. The van der Waals surface area contributed by atoms with Gasteiger partial charge in [-0.2, -0.15) is 0 Å². The van der Waals surface area contributed by atoms with Crippen molar-refractivity contribution in [1.82, 2.24) is 10.2 Å². The monoisotopic (exact) mass is 279 g/mol. The van der Waals surface area contributed by atoms with Crippen LogP contribution in [0.1, 0.15) is 0 Å². The number of hydrogen-bond donors (Lipinski definition) is 1. The molecule has 8 nitrogen and oxygen atoms in total. The zero-order valence-corrected chi connectivity index (χ0v) is 10.3. The van der Waals surface area contributed by atoms with Gasteiger partial charge in [0.25, 0.3) is 5.96 Å². The topological polar surface area (TPSA) is 92.4 Å². The summed E-state index contributed by atoms with van der Waals surface area (Å²) in [6.45, 7) is 1.64. The van der Waals surface area contributed by atoms with E-state index in [1.54, 1.807) is 4.90 Å². The summed E-state index contributed by atoms with van der Waals surface area (Å²) in [4.78, 5) is 16.1. The molecule has 1 fully saturated rings. The number of aliphatic imine (C=N–C) groups is 1. The number of hydrazone groups is 1. The first kappa shape index (κ1) is 12.4. The van der Waals surface area contributed by atoms with Crippen molar-refractivity contribution in [3.63, 3.8) is 0 Å². The molecule has 2 rings (SSSR count). The van der Waals surface area contributed by atoms with Gasteiger partial charge in [0.2, 0.25) is 0 Å². The fourth-order valence-corrected chi connectivity index (χ4v) is 2.76. The Bertz CT molecular complexity index is 377. The summed E-state index contributed by atoms with van der Waals surface area (Å²) in [6.07, 6.45) is 0. The Morgan fingerprint density at radius 1 is 1.82 bits per heavy atom. The molecule has 0 bridgehead atoms. The minimum absolute atomic E-state index is 0.169. The number of nitrogens with zero attached hydrogens (tertiary/aromatic N) is 4. The van der Waals surface area contributed by atoms with Crippen molar-refractivity contribution in [2.45, 2.75) is 5.25 Å². The van der Waals surface area contributed by atoms with Gasteiger partial charge in [-0.25, -0.2) is 10.1 Å². The van der Waals surface area contributed by atoms with Crippen LogP contribution in [0.2, 0.25) is 0 Å². The molecule has 2 aliphatic heterocycles. The van der Waals surface area contributed by atoms with Gasteiger partial charge in [0.1, 0.15) is 18.6 Å². The fraction of sp³-hybridized carbons (Fsp3) is 0.714. The number of rotatable bonds is 3. The largest absolute Gasteiger partial charge is 0.341 e. The van der Waals surface area contributed by atoms with E-state index in [1.165, 1.54) is 11.8 Å². The van der Waals surface area contributed by atoms with E-state index in [1.807, 2.05) is 0 Å². The minimum atomic E-state index is -0.730. The number of nitrogens with one attached hydrogen (secondary N) is 1. The Hall–Kier alpha value is -1.06. The van der Waals surface area contributed by atoms with Crippen LogP contribution in [0.4, 0.5) is 0 Å². The second-order valence-electron chi connectivity index (χ2n) is 3.37. The Morgan fingerprint density at radius 3 is 3.29 bits per heavy atom. The van der Waals surface area contributed by atoms with E-state index in [9.17, 15) is 10.1 Å². The van der Waals surface area contributed by atoms with Gasteiger partial charge in [-0.3, -0.25) is 4.99 Å². The van der Waals surface area contributed by atoms with Crippen molar-refractivity contribution < 1.29 is 9.77 Å². The standard InChI is InChI=1S/C7H10ClN5O3S/c8-6-9-1-5(17-6)2-12-4-16-3-10-7(12)11-13(14)15/h5H,1-4H2,(H,10,11). The van der Waals surface area contributed by atoms with E-state index < -0.39 is 5.03 Å². The number of hydrogen-bond acceptors (Lipinski definition) is 5. The van der Waals surface area contributed by atoms with Crippen LogP contribution in [-0.2, 0) is 4.74 Å². The number of nitro groups is 1. The Kier molecular flexibility index (Phi) is 4.02. The molecule has 10 heteroatoms. The third kappa shape index (κ3) is 3.45. The van der Waals surface area contributed by atoms with Crippen molar-refractivity contribution in [3.05, 3.63) is 10.1 Å². The third-order valence-corrected chi connectivity index (χ3v) is 3.50. The van der Waals surface area contributed by atoms with Crippen LogP contribution in [0.15, 0.2) is 10.1 Å². The maximum Gasteiger partial charge on any atom is 0.275 e. The molecule has 2 aliphatic rings. The maximum absolute atomic E-state index is 10.4. The molecule has 1 unspecified atom stereocenters. The number of guanidine groups is 1. The van der Waals surface area contributed by atoms with Gasteiger partial charge >= 0.3 is 0 Å². The molecule has 2 heterocycles. The second kappa shape index (κ2) is 5.52. The highest BCUT2D eigenvalue weighted by atomic mass is 35.5.